The van der Waals surface area contributed by atoms with E-state index in [9.17, 15) is 22.8 Å². The summed E-state index contributed by atoms with van der Waals surface area (Å²) in [5.74, 6) is -2.66. The van der Waals surface area contributed by atoms with Gasteiger partial charge in [-0.05, 0) is 32.0 Å². The average Bonchev–Trinajstić information content (AvgIpc) is 2.99. The van der Waals surface area contributed by atoms with E-state index in [1.54, 1.807) is 29.2 Å². The lowest BCUT2D eigenvalue weighted by Crippen LogP contribution is -2.38. The molecule has 0 saturated carbocycles. The van der Waals surface area contributed by atoms with Crippen molar-refractivity contribution in [1.29, 1.82) is 0 Å². The molecule has 12 heteroatoms. The number of aliphatic carboxylic acids is 2. The third-order valence-electron chi connectivity index (χ3n) is 4.44. The summed E-state index contributed by atoms with van der Waals surface area (Å²) in [6, 6.07) is 6.59. The molecule has 3 rings (SSSR count). The predicted octanol–water partition coefficient (Wildman–Crippen LogP) is 2.25. The van der Waals surface area contributed by atoms with Crippen molar-refractivity contribution in [1.82, 2.24) is 14.5 Å². The SMILES string of the molecule is Cc1nc2n(c1C)CCN(C(=O)c1cccc(OCC(=O)O)c1)C2.O=C(O)C(F)(F)F. The van der Waals surface area contributed by atoms with Gasteiger partial charge in [0.25, 0.3) is 5.91 Å². The normalized spacial score (nSPS) is 13.0. The molecule has 2 heterocycles. The molecule has 9 nitrogen and oxygen atoms in total. The Morgan fingerprint density at radius 3 is 2.39 bits per heavy atom. The van der Waals surface area contributed by atoms with Crippen LogP contribution in [0.2, 0.25) is 0 Å². The quantitative estimate of drug-likeness (QED) is 0.743. The summed E-state index contributed by atoms with van der Waals surface area (Å²) < 4.78 is 39.0. The number of aryl methyl sites for hydroxylation is 1. The highest BCUT2D eigenvalue weighted by Crippen LogP contribution is 2.20. The van der Waals surface area contributed by atoms with Crippen LogP contribution in [0.3, 0.4) is 0 Å². The summed E-state index contributed by atoms with van der Waals surface area (Å²) >= 11 is 0. The Labute approximate surface area is 174 Å². The van der Waals surface area contributed by atoms with Crippen LogP contribution in [0.1, 0.15) is 27.6 Å². The van der Waals surface area contributed by atoms with Gasteiger partial charge >= 0.3 is 18.1 Å². The van der Waals surface area contributed by atoms with E-state index in [4.69, 9.17) is 19.7 Å². The maximum atomic E-state index is 12.7. The second-order valence-corrected chi connectivity index (χ2v) is 6.59. The second kappa shape index (κ2) is 9.49. The summed E-state index contributed by atoms with van der Waals surface area (Å²) in [5.41, 5.74) is 2.61. The Kier molecular flexibility index (Phi) is 7.26. The first kappa shape index (κ1) is 23.7. The van der Waals surface area contributed by atoms with Crippen molar-refractivity contribution in [3.63, 3.8) is 0 Å². The second-order valence-electron chi connectivity index (χ2n) is 6.59. The summed E-state index contributed by atoms with van der Waals surface area (Å²) in [6.07, 6.45) is -5.08. The first-order valence-corrected chi connectivity index (χ1v) is 8.96. The number of aromatic nitrogens is 2. The van der Waals surface area contributed by atoms with E-state index in [1.165, 1.54) is 0 Å². The van der Waals surface area contributed by atoms with Gasteiger partial charge in [0.15, 0.2) is 6.61 Å². The fourth-order valence-corrected chi connectivity index (χ4v) is 2.83. The molecule has 0 fully saturated rings. The molecule has 0 spiro atoms. The lowest BCUT2D eigenvalue weighted by Gasteiger charge is -2.28. The molecule has 1 aromatic heterocycles. The van der Waals surface area contributed by atoms with E-state index in [2.05, 4.69) is 9.55 Å². The number of rotatable bonds is 4. The van der Waals surface area contributed by atoms with Crippen molar-refractivity contribution in [2.24, 2.45) is 0 Å². The van der Waals surface area contributed by atoms with Gasteiger partial charge in [0.1, 0.15) is 11.6 Å². The number of hydrogen-bond acceptors (Lipinski definition) is 5. The number of fused-ring (bicyclic) bond motifs is 1. The Hall–Kier alpha value is -3.57. The van der Waals surface area contributed by atoms with Crippen LogP contribution >= 0.6 is 0 Å². The third-order valence-corrected chi connectivity index (χ3v) is 4.44. The maximum Gasteiger partial charge on any atom is 0.490 e. The van der Waals surface area contributed by atoms with Gasteiger partial charge in [-0.15, -0.1) is 0 Å². The van der Waals surface area contributed by atoms with E-state index in [0.717, 1.165) is 23.8 Å². The van der Waals surface area contributed by atoms with E-state index >= 15 is 0 Å². The number of carboxylic acid groups (broad SMARTS) is 2. The first-order chi connectivity index (χ1) is 14.4. The zero-order valence-corrected chi connectivity index (χ0v) is 16.6. The number of alkyl halides is 3. The van der Waals surface area contributed by atoms with Crippen LogP contribution in [-0.2, 0) is 22.7 Å². The minimum Gasteiger partial charge on any atom is -0.482 e. The average molecular weight is 443 g/mol. The Balaban J connectivity index is 0.000000423. The largest absolute Gasteiger partial charge is 0.490 e. The molecule has 0 radical (unpaired) electrons. The molecule has 1 amide bonds. The van der Waals surface area contributed by atoms with Gasteiger partial charge in [-0.3, -0.25) is 4.79 Å². The molecule has 0 aliphatic carbocycles. The van der Waals surface area contributed by atoms with Gasteiger partial charge in [0.05, 0.1) is 12.2 Å². The predicted molar refractivity (Wildman–Crippen MR) is 99.7 cm³/mol. The zero-order chi connectivity index (χ0) is 23.3. The van der Waals surface area contributed by atoms with Crippen LogP contribution in [0.25, 0.3) is 0 Å². The van der Waals surface area contributed by atoms with E-state index in [-0.39, 0.29) is 5.91 Å². The number of ether oxygens (including phenoxy) is 1. The van der Waals surface area contributed by atoms with E-state index in [0.29, 0.717) is 24.4 Å². The van der Waals surface area contributed by atoms with Crippen LogP contribution in [0, 0.1) is 13.8 Å². The summed E-state index contributed by atoms with van der Waals surface area (Å²) in [6.45, 7) is 5.37. The molecule has 1 aliphatic rings. The van der Waals surface area contributed by atoms with Crippen molar-refractivity contribution in [2.75, 3.05) is 13.2 Å². The molecular weight excluding hydrogens is 423 g/mol. The fraction of sp³-hybridized carbons (Fsp3) is 0.368. The first-order valence-electron chi connectivity index (χ1n) is 8.96. The number of halogens is 3. The van der Waals surface area contributed by atoms with Gasteiger partial charge in [-0.2, -0.15) is 13.2 Å². The minimum absolute atomic E-state index is 0.111. The maximum absolute atomic E-state index is 12.7. The van der Waals surface area contributed by atoms with Crippen LogP contribution in [0.5, 0.6) is 5.75 Å². The molecule has 31 heavy (non-hydrogen) atoms. The number of hydrogen-bond donors (Lipinski definition) is 2. The standard InChI is InChI=1S/C17H19N3O4.C2HF3O2/c1-11-12(2)20-7-6-19(9-15(20)18-11)17(23)13-4-3-5-14(8-13)24-10-16(21)22;3-2(4,5)1(6)7/h3-5,8H,6-7,9-10H2,1-2H3,(H,21,22);(H,6,7). The van der Waals surface area contributed by atoms with Crippen LogP contribution in [0.4, 0.5) is 13.2 Å². The third kappa shape index (κ3) is 6.20. The molecular formula is C19H20F3N3O6. The smallest absolute Gasteiger partial charge is 0.482 e. The van der Waals surface area contributed by atoms with Gasteiger partial charge < -0.3 is 24.4 Å². The van der Waals surface area contributed by atoms with Crippen molar-refractivity contribution < 1.29 is 42.5 Å². The van der Waals surface area contributed by atoms with E-state index < -0.39 is 24.7 Å². The molecule has 2 aromatic rings. The van der Waals surface area contributed by atoms with E-state index in [1.807, 2.05) is 13.8 Å². The zero-order valence-electron chi connectivity index (χ0n) is 16.6. The number of carboxylic acids is 2. The Bertz CT molecular complexity index is 987. The minimum atomic E-state index is -5.08. The number of carbonyl (C=O) groups excluding carboxylic acids is 1. The molecule has 1 aromatic carbocycles. The topological polar surface area (TPSA) is 122 Å². The lowest BCUT2D eigenvalue weighted by molar-refractivity contribution is -0.192. The molecule has 0 bridgehead atoms. The fourth-order valence-electron chi connectivity index (χ4n) is 2.83. The van der Waals surface area contributed by atoms with Crippen molar-refractivity contribution in [2.45, 2.75) is 33.1 Å². The highest BCUT2D eigenvalue weighted by Gasteiger charge is 2.38. The van der Waals surface area contributed by atoms with Gasteiger partial charge in [-0.1, -0.05) is 6.07 Å². The van der Waals surface area contributed by atoms with Gasteiger partial charge in [-0.25, -0.2) is 14.6 Å². The summed E-state index contributed by atoms with van der Waals surface area (Å²) in [4.78, 5) is 38.5. The van der Waals surface area contributed by atoms with Crippen LogP contribution < -0.4 is 4.74 Å². The molecule has 0 atom stereocenters. The van der Waals surface area contributed by atoms with Crippen LogP contribution in [-0.4, -0.2) is 61.8 Å². The highest BCUT2D eigenvalue weighted by atomic mass is 19.4. The van der Waals surface area contributed by atoms with Gasteiger partial charge in [0, 0.05) is 24.3 Å². The Morgan fingerprint density at radius 2 is 1.81 bits per heavy atom. The molecule has 2 N–H and O–H groups in total. The highest BCUT2D eigenvalue weighted by molar-refractivity contribution is 5.94. The molecule has 168 valence electrons. The number of imidazole rings is 1. The number of nitrogens with zero attached hydrogens (tertiary/aromatic N) is 3. The summed E-state index contributed by atoms with van der Waals surface area (Å²) in [5, 5.41) is 15.8. The lowest BCUT2D eigenvalue weighted by atomic mass is 10.1. The van der Waals surface area contributed by atoms with Crippen molar-refractivity contribution in [3.05, 3.63) is 47.0 Å². The molecule has 0 saturated heterocycles. The van der Waals surface area contributed by atoms with Crippen LogP contribution in [0.15, 0.2) is 24.3 Å². The summed E-state index contributed by atoms with van der Waals surface area (Å²) in [7, 11) is 0. The Morgan fingerprint density at radius 1 is 1.16 bits per heavy atom. The van der Waals surface area contributed by atoms with Crippen molar-refractivity contribution in [3.8, 4) is 5.75 Å². The number of benzene rings is 1. The number of carbonyl (C=O) groups is 3. The number of amides is 1. The van der Waals surface area contributed by atoms with Crippen molar-refractivity contribution >= 4 is 17.8 Å². The monoisotopic (exact) mass is 443 g/mol. The van der Waals surface area contributed by atoms with Gasteiger partial charge in [0.2, 0.25) is 0 Å². The molecule has 1 aliphatic heterocycles. The molecule has 0 unspecified atom stereocenters.